The van der Waals surface area contributed by atoms with E-state index in [1.807, 2.05) is 66.5 Å². The summed E-state index contributed by atoms with van der Waals surface area (Å²) in [5.74, 6) is -0.0801. The summed E-state index contributed by atoms with van der Waals surface area (Å²) in [4.78, 5) is 13.1. The van der Waals surface area contributed by atoms with Crippen molar-refractivity contribution in [3.63, 3.8) is 0 Å². The number of benzene rings is 2. The summed E-state index contributed by atoms with van der Waals surface area (Å²) in [6, 6.07) is 17.6. The first kappa shape index (κ1) is 19.1. The quantitative estimate of drug-likeness (QED) is 0.735. The molecule has 0 aliphatic rings. The Balaban J connectivity index is 1.69. The molecule has 0 spiro atoms. The molecule has 2 N–H and O–H groups in total. The molecule has 0 saturated carbocycles. The number of nitrogens with one attached hydrogen (secondary N) is 1. The lowest BCUT2D eigenvalue weighted by Gasteiger charge is -2.21. The summed E-state index contributed by atoms with van der Waals surface area (Å²) in [7, 11) is 1.96. The van der Waals surface area contributed by atoms with Crippen LogP contribution in [0.15, 0.2) is 54.6 Å². The predicted octanol–water partition coefficient (Wildman–Crippen LogP) is 2.65. The number of carbonyl (C=O) groups excluding carboxylic acids is 1. The maximum Gasteiger partial charge on any atom is 0.221 e. The second-order valence-electron chi connectivity index (χ2n) is 6.23. The molecule has 25 heavy (non-hydrogen) atoms. The first-order chi connectivity index (χ1) is 12.0. The van der Waals surface area contributed by atoms with Gasteiger partial charge in [0.2, 0.25) is 5.91 Å². The van der Waals surface area contributed by atoms with Gasteiger partial charge in [0.1, 0.15) is 0 Å². The summed E-state index contributed by atoms with van der Waals surface area (Å²) >= 11 is 0. The summed E-state index contributed by atoms with van der Waals surface area (Å²) in [6.07, 6.45) is -0.535. The van der Waals surface area contributed by atoms with Gasteiger partial charge in [0.15, 0.2) is 0 Å². The van der Waals surface area contributed by atoms with Crippen LogP contribution in [0.1, 0.15) is 18.1 Å². The largest absolute Gasteiger partial charge is 0.389 e. The number of amides is 1. The molecule has 134 valence electrons. The van der Waals surface area contributed by atoms with E-state index in [9.17, 15) is 9.90 Å². The normalized spacial score (nSPS) is 12.2. The fourth-order valence-corrected chi connectivity index (χ4v) is 2.57. The number of nitrogens with zero attached hydrogens (tertiary/aromatic N) is 1. The molecule has 0 aliphatic heterocycles. The van der Waals surface area contributed by atoms with Crippen molar-refractivity contribution in [1.29, 1.82) is 0 Å². The van der Waals surface area contributed by atoms with E-state index in [-0.39, 0.29) is 5.91 Å². The standard InChI is InChI=1S/C20H26N2O3/c1-16(23)21-19-10-8-17(9-11-19)12-22(2)13-20(24)15-25-14-18-6-4-3-5-7-18/h3-11,20,24H,12-15H2,1-2H3,(H,21,23). The number of hydrogen-bond donors (Lipinski definition) is 2. The van der Waals surface area contributed by atoms with E-state index in [2.05, 4.69) is 5.32 Å². The highest BCUT2D eigenvalue weighted by Crippen LogP contribution is 2.11. The minimum Gasteiger partial charge on any atom is -0.389 e. The molecule has 5 heteroatoms. The average Bonchev–Trinajstić information content (AvgIpc) is 2.57. The number of likely N-dealkylation sites (N-methyl/N-ethyl adjacent to an activating group) is 1. The average molecular weight is 342 g/mol. The SMILES string of the molecule is CC(=O)Nc1ccc(CN(C)CC(O)COCc2ccccc2)cc1. The molecule has 2 rings (SSSR count). The third kappa shape index (κ3) is 7.47. The van der Waals surface area contributed by atoms with E-state index >= 15 is 0 Å². The predicted molar refractivity (Wildman–Crippen MR) is 99.2 cm³/mol. The van der Waals surface area contributed by atoms with Gasteiger partial charge in [0.05, 0.1) is 19.3 Å². The molecule has 5 nitrogen and oxygen atoms in total. The van der Waals surface area contributed by atoms with Crippen LogP contribution in [0.3, 0.4) is 0 Å². The lowest BCUT2D eigenvalue weighted by atomic mass is 10.2. The van der Waals surface area contributed by atoms with Crippen molar-refractivity contribution in [2.24, 2.45) is 0 Å². The molecule has 0 fully saturated rings. The molecule has 2 aromatic rings. The van der Waals surface area contributed by atoms with Crippen LogP contribution in [0.2, 0.25) is 0 Å². The number of carbonyl (C=O) groups is 1. The van der Waals surface area contributed by atoms with E-state index in [4.69, 9.17) is 4.74 Å². The van der Waals surface area contributed by atoms with Crippen LogP contribution >= 0.6 is 0 Å². The highest BCUT2D eigenvalue weighted by atomic mass is 16.5. The molecule has 1 unspecified atom stereocenters. The maximum atomic E-state index is 11.0. The Labute approximate surface area is 149 Å². The number of hydrogen-bond acceptors (Lipinski definition) is 4. The Morgan fingerprint density at radius 3 is 2.44 bits per heavy atom. The molecule has 0 bridgehead atoms. The zero-order valence-corrected chi connectivity index (χ0v) is 14.8. The second-order valence-corrected chi connectivity index (χ2v) is 6.23. The lowest BCUT2D eigenvalue weighted by molar-refractivity contribution is -0.114. The van der Waals surface area contributed by atoms with Crippen molar-refractivity contribution >= 4 is 11.6 Å². The minimum atomic E-state index is -0.535. The number of rotatable bonds is 9. The lowest BCUT2D eigenvalue weighted by Crippen LogP contribution is -2.31. The highest BCUT2D eigenvalue weighted by molar-refractivity contribution is 5.88. The third-order valence-corrected chi connectivity index (χ3v) is 3.67. The zero-order valence-electron chi connectivity index (χ0n) is 14.8. The van der Waals surface area contributed by atoms with Gasteiger partial charge in [-0.2, -0.15) is 0 Å². The van der Waals surface area contributed by atoms with Gasteiger partial charge in [-0.1, -0.05) is 42.5 Å². The number of ether oxygens (including phenoxy) is 1. The van der Waals surface area contributed by atoms with E-state index in [0.29, 0.717) is 19.8 Å². The van der Waals surface area contributed by atoms with E-state index in [1.165, 1.54) is 6.92 Å². The van der Waals surface area contributed by atoms with Crippen molar-refractivity contribution < 1.29 is 14.6 Å². The zero-order chi connectivity index (χ0) is 18.1. The van der Waals surface area contributed by atoms with Gasteiger partial charge in [0.25, 0.3) is 0 Å². The molecule has 2 aromatic carbocycles. The molecule has 0 heterocycles. The van der Waals surface area contributed by atoms with Crippen molar-refractivity contribution in [2.75, 3.05) is 25.5 Å². The first-order valence-electron chi connectivity index (χ1n) is 8.37. The van der Waals surface area contributed by atoms with E-state index < -0.39 is 6.10 Å². The molecular weight excluding hydrogens is 316 g/mol. The molecule has 0 aromatic heterocycles. The first-order valence-corrected chi connectivity index (χ1v) is 8.37. The van der Waals surface area contributed by atoms with Crippen LogP contribution in [-0.2, 0) is 22.7 Å². The fourth-order valence-electron chi connectivity index (χ4n) is 2.57. The van der Waals surface area contributed by atoms with Gasteiger partial charge in [0, 0.05) is 25.7 Å². The van der Waals surface area contributed by atoms with Crippen LogP contribution in [0.5, 0.6) is 0 Å². The Morgan fingerprint density at radius 1 is 1.12 bits per heavy atom. The summed E-state index contributed by atoms with van der Waals surface area (Å²) < 4.78 is 5.57. The van der Waals surface area contributed by atoms with Crippen LogP contribution < -0.4 is 5.32 Å². The van der Waals surface area contributed by atoms with E-state index in [1.54, 1.807) is 0 Å². The fraction of sp³-hybridized carbons (Fsp3) is 0.350. The second kappa shape index (κ2) is 9.93. The van der Waals surface area contributed by atoms with Crippen molar-refractivity contribution in [1.82, 2.24) is 4.90 Å². The smallest absolute Gasteiger partial charge is 0.221 e. The van der Waals surface area contributed by atoms with Gasteiger partial charge < -0.3 is 15.2 Å². The van der Waals surface area contributed by atoms with Gasteiger partial charge in [-0.15, -0.1) is 0 Å². The van der Waals surface area contributed by atoms with Gasteiger partial charge in [-0.25, -0.2) is 0 Å². The Morgan fingerprint density at radius 2 is 1.80 bits per heavy atom. The van der Waals surface area contributed by atoms with Crippen LogP contribution in [0.25, 0.3) is 0 Å². The molecule has 1 atom stereocenters. The topological polar surface area (TPSA) is 61.8 Å². The molecule has 0 radical (unpaired) electrons. The van der Waals surface area contributed by atoms with Crippen LogP contribution in [0, 0.1) is 0 Å². The molecular formula is C20H26N2O3. The number of aliphatic hydroxyl groups excluding tert-OH is 1. The van der Waals surface area contributed by atoms with Crippen LogP contribution in [-0.4, -0.2) is 42.2 Å². The third-order valence-electron chi connectivity index (χ3n) is 3.67. The molecule has 1 amide bonds. The van der Waals surface area contributed by atoms with Gasteiger partial charge >= 0.3 is 0 Å². The Kier molecular flexibility index (Phi) is 7.60. The van der Waals surface area contributed by atoms with Crippen molar-refractivity contribution in [3.05, 3.63) is 65.7 Å². The van der Waals surface area contributed by atoms with Crippen molar-refractivity contribution in [3.8, 4) is 0 Å². The number of aliphatic hydroxyl groups is 1. The summed E-state index contributed by atoms with van der Waals surface area (Å²) in [5.41, 5.74) is 3.00. The van der Waals surface area contributed by atoms with E-state index in [0.717, 1.165) is 23.4 Å². The molecule has 0 saturated heterocycles. The maximum absolute atomic E-state index is 11.0. The highest BCUT2D eigenvalue weighted by Gasteiger charge is 2.09. The van der Waals surface area contributed by atoms with Crippen LogP contribution in [0.4, 0.5) is 5.69 Å². The number of anilines is 1. The summed E-state index contributed by atoms with van der Waals surface area (Å²) in [5, 5.41) is 12.8. The Hall–Kier alpha value is -2.21. The minimum absolute atomic E-state index is 0.0801. The monoisotopic (exact) mass is 342 g/mol. The summed E-state index contributed by atoms with van der Waals surface area (Å²) in [6.45, 7) is 3.55. The molecule has 0 aliphatic carbocycles. The van der Waals surface area contributed by atoms with Gasteiger partial charge in [-0.05, 0) is 30.3 Å². The Bertz CT molecular complexity index is 644. The van der Waals surface area contributed by atoms with Gasteiger partial charge in [-0.3, -0.25) is 9.69 Å². The van der Waals surface area contributed by atoms with Crippen molar-refractivity contribution in [2.45, 2.75) is 26.2 Å².